The summed E-state index contributed by atoms with van der Waals surface area (Å²) >= 11 is 0. The third-order valence-electron chi connectivity index (χ3n) is 2.59. The number of hydrogen-bond acceptors (Lipinski definition) is 2. The van der Waals surface area contributed by atoms with Gasteiger partial charge in [-0.15, -0.1) is 12.3 Å². The van der Waals surface area contributed by atoms with E-state index in [1.807, 2.05) is 0 Å². The van der Waals surface area contributed by atoms with Crippen LogP contribution in [0, 0.1) is 12.3 Å². The van der Waals surface area contributed by atoms with E-state index in [2.05, 4.69) is 5.92 Å². The van der Waals surface area contributed by atoms with Crippen LogP contribution in [0.15, 0.2) is 0 Å². The van der Waals surface area contributed by atoms with Gasteiger partial charge in [-0.25, -0.2) is 5.06 Å². The van der Waals surface area contributed by atoms with Crippen LogP contribution in [0.2, 0.25) is 0 Å². The number of unbranched alkanes of at least 4 members (excludes halogenated alkanes) is 6. The number of hydrogen-bond donors (Lipinski definition) is 0. The molecule has 0 radical (unpaired) electrons. The van der Waals surface area contributed by atoms with Gasteiger partial charge in [-0.05, 0) is 12.8 Å². The average Bonchev–Trinajstić information content (AvgIpc) is 2.31. The second-order valence-corrected chi connectivity index (χ2v) is 3.90. The zero-order valence-corrected chi connectivity index (χ0v) is 10.5. The molecule has 0 aromatic heterocycles. The molecule has 0 aliphatic carbocycles. The zero-order chi connectivity index (χ0) is 12.2. The van der Waals surface area contributed by atoms with E-state index in [1.165, 1.54) is 31.4 Å². The van der Waals surface area contributed by atoms with Crippen LogP contribution in [0.25, 0.3) is 0 Å². The largest absolute Gasteiger partial charge is 0.275 e. The Morgan fingerprint density at radius 3 is 2.31 bits per heavy atom. The Morgan fingerprint density at radius 1 is 1.19 bits per heavy atom. The van der Waals surface area contributed by atoms with Crippen molar-refractivity contribution in [3.63, 3.8) is 0 Å². The van der Waals surface area contributed by atoms with E-state index in [4.69, 9.17) is 11.3 Å². The molecule has 92 valence electrons. The first kappa shape index (κ1) is 15.0. The smallest absolute Gasteiger partial charge is 0.245 e. The van der Waals surface area contributed by atoms with E-state index in [0.717, 1.165) is 25.7 Å². The van der Waals surface area contributed by atoms with E-state index >= 15 is 0 Å². The molecule has 0 unspecified atom stereocenters. The van der Waals surface area contributed by atoms with Gasteiger partial charge in [0, 0.05) is 19.9 Å². The number of nitrogens with zero attached hydrogens (tertiary/aromatic N) is 1. The predicted octanol–water partition coefficient (Wildman–Crippen LogP) is 2.76. The van der Waals surface area contributed by atoms with Gasteiger partial charge in [0.2, 0.25) is 5.91 Å². The minimum absolute atomic E-state index is 0.0508. The van der Waals surface area contributed by atoms with Crippen molar-refractivity contribution in [2.24, 2.45) is 0 Å². The number of hydroxylamine groups is 2. The van der Waals surface area contributed by atoms with Gasteiger partial charge in [-0.3, -0.25) is 9.63 Å². The lowest BCUT2D eigenvalue weighted by Gasteiger charge is -2.12. The minimum atomic E-state index is 0.0508. The van der Waals surface area contributed by atoms with Gasteiger partial charge in [0.05, 0.1) is 7.11 Å². The Kier molecular flexibility index (Phi) is 9.84. The number of carbonyl (C=O) groups excluding carboxylic acids is 1. The van der Waals surface area contributed by atoms with Gasteiger partial charge in [0.1, 0.15) is 0 Å². The topological polar surface area (TPSA) is 29.5 Å². The number of terminal acetylenes is 1. The molecule has 0 rings (SSSR count). The molecule has 0 saturated heterocycles. The van der Waals surface area contributed by atoms with Crippen LogP contribution in [-0.4, -0.2) is 25.1 Å². The Labute approximate surface area is 99.1 Å². The highest BCUT2D eigenvalue weighted by Crippen LogP contribution is 2.09. The fraction of sp³-hybridized carbons (Fsp3) is 0.769. The maximum Gasteiger partial charge on any atom is 0.245 e. The SMILES string of the molecule is C#CCCCCCCCCC(=O)N(C)OC. The molecule has 0 aliphatic heterocycles. The van der Waals surface area contributed by atoms with Crippen LogP contribution in [0.1, 0.15) is 51.4 Å². The van der Waals surface area contributed by atoms with Crippen LogP contribution >= 0.6 is 0 Å². The molecule has 1 amide bonds. The molecule has 0 heterocycles. The Morgan fingerprint density at radius 2 is 1.75 bits per heavy atom. The van der Waals surface area contributed by atoms with Crippen molar-refractivity contribution in [3.05, 3.63) is 0 Å². The summed E-state index contributed by atoms with van der Waals surface area (Å²) in [6, 6.07) is 0. The molecule has 0 fully saturated rings. The van der Waals surface area contributed by atoms with Gasteiger partial charge >= 0.3 is 0 Å². The molecule has 3 nitrogen and oxygen atoms in total. The van der Waals surface area contributed by atoms with E-state index in [0.29, 0.717) is 6.42 Å². The summed E-state index contributed by atoms with van der Waals surface area (Å²) in [6.07, 6.45) is 13.4. The lowest BCUT2D eigenvalue weighted by molar-refractivity contribution is -0.168. The maximum absolute atomic E-state index is 11.3. The van der Waals surface area contributed by atoms with Gasteiger partial charge < -0.3 is 0 Å². The second-order valence-electron chi connectivity index (χ2n) is 3.90. The van der Waals surface area contributed by atoms with Gasteiger partial charge in [-0.2, -0.15) is 0 Å². The molecule has 0 saturated carbocycles. The fourth-order valence-electron chi connectivity index (χ4n) is 1.47. The van der Waals surface area contributed by atoms with E-state index in [9.17, 15) is 4.79 Å². The molecule has 0 spiro atoms. The van der Waals surface area contributed by atoms with Crippen LogP contribution in [0.5, 0.6) is 0 Å². The van der Waals surface area contributed by atoms with Gasteiger partial charge in [0.25, 0.3) is 0 Å². The molecule has 3 heteroatoms. The summed E-state index contributed by atoms with van der Waals surface area (Å²) in [4.78, 5) is 16.1. The number of rotatable bonds is 9. The van der Waals surface area contributed by atoms with Crippen LogP contribution in [0.3, 0.4) is 0 Å². The number of carbonyl (C=O) groups is 1. The standard InChI is InChI=1S/C13H23NO2/c1-4-5-6-7-8-9-10-11-12-13(15)14(2)16-3/h1H,5-12H2,2-3H3. The molecule has 0 aliphatic rings. The van der Waals surface area contributed by atoms with Crippen molar-refractivity contribution in [2.45, 2.75) is 51.4 Å². The predicted molar refractivity (Wildman–Crippen MR) is 65.5 cm³/mol. The molecule has 16 heavy (non-hydrogen) atoms. The third kappa shape index (κ3) is 8.31. The van der Waals surface area contributed by atoms with Crippen molar-refractivity contribution in [1.29, 1.82) is 0 Å². The van der Waals surface area contributed by atoms with E-state index in [1.54, 1.807) is 7.05 Å². The summed E-state index contributed by atoms with van der Waals surface area (Å²) in [7, 11) is 3.14. The molecule has 0 aromatic rings. The highest BCUT2D eigenvalue weighted by atomic mass is 16.7. The van der Waals surface area contributed by atoms with Crippen molar-refractivity contribution >= 4 is 5.91 Å². The highest BCUT2D eigenvalue weighted by molar-refractivity contribution is 5.74. The highest BCUT2D eigenvalue weighted by Gasteiger charge is 2.06. The lowest BCUT2D eigenvalue weighted by Crippen LogP contribution is -2.24. The summed E-state index contributed by atoms with van der Waals surface area (Å²) in [5, 5.41) is 1.28. The van der Waals surface area contributed by atoms with Crippen molar-refractivity contribution in [3.8, 4) is 12.3 Å². The van der Waals surface area contributed by atoms with Crippen LogP contribution < -0.4 is 0 Å². The molecular formula is C13H23NO2. The van der Waals surface area contributed by atoms with Gasteiger partial charge in [-0.1, -0.05) is 25.7 Å². The average molecular weight is 225 g/mol. The Balaban J connectivity index is 3.21. The Bertz CT molecular complexity index is 220. The van der Waals surface area contributed by atoms with Crippen LogP contribution in [-0.2, 0) is 9.63 Å². The summed E-state index contributed by atoms with van der Waals surface area (Å²) in [6.45, 7) is 0. The number of amides is 1. The summed E-state index contributed by atoms with van der Waals surface area (Å²) in [5.74, 6) is 2.69. The molecular weight excluding hydrogens is 202 g/mol. The Hall–Kier alpha value is -1.01. The quantitative estimate of drug-likeness (QED) is 0.343. The van der Waals surface area contributed by atoms with E-state index < -0.39 is 0 Å². The molecule has 0 N–H and O–H groups in total. The molecule has 0 atom stereocenters. The summed E-state index contributed by atoms with van der Waals surface area (Å²) in [5.41, 5.74) is 0. The van der Waals surface area contributed by atoms with Crippen LogP contribution in [0.4, 0.5) is 0 Å². The van der Waals surface area contributed by atoms with E-state index in [-0.39, 0.29) is 5.91 Å². The van der Waals surface area contributed by atoms with Crippen molar-refractivity contribution in [1.82, 2.24) is 5.06 Å². The van der Waals surface area contributed by atoms with Gasteiger partial charge in [0.15, 0.2) is 0 Å². The second kappa shape index (κ2) is 10.5. The first-order chi connectivity index (χ1) is 7.72. The fourth-order valence-corrected chi connectivity index (χ4v) is 1.47. The zero-order valence-electron chi connectivity index (χ0n) is 10.5. The van der Waals surface area contributed by atoms with Crippen molar-refractivity contribution in [2.75, 3.05) is 14.2 Å². The normalized spacial score (nSPS) is 9.81. The third-order valence-corrected chi connectivity index (χ3v) is 2.59. The first-order valence-corrected chi connectivity index (χ1v) is 5.96. The monoisotopic (exact) mass is 225 g/mol. The summed E-state index contributed by atoms with van der Waals surface area (Å²) < 4.78 is 0. The maximum atomic E-state index is 11.3. The molecule has 0 aromatic carbocycles. The van der Waals surface area contributed by atoms with Crippen molar-refractivity contribution < 1.29 is 9.63 Å². The minimum Gasteiger partial charge on any atom is -0.275 e. The lowest BCUT2D eigenvalue weighted by atomic mass is 10.1. The first-order valence-electron chi connectivity index (χ1n) is 5.96. The molecule has 0 bridgehead atoms.